The Kier molecular flexibility index (Phi) is 4.62. The molecule has 2 heterocycles. The number of rotatable bonds is 5. The van der Waals surface area contributed by atoms with E-state index >= 15 is 0 Å². The molecule has 0 spiro atoms. The van der Waals surface area contributed by atoms with Crippen LogP contribution in [0, 0.1) is 0 Å². The molecule has 0 aliphatic carbocycles. The Hall–Kier alpha value is -1.29. The Balaban J connectivity index is 1.60. The van der Waals surface area contributed by atoms with Gasteiger partial charge in [-0.3, -0.25) is 4.79 Å². The van der Waals surface area contributed by atoms with Crippen LogP contribution in [-0.4, -0.2) is 18.5 Å². The zero-order chi connectivity index (χ0) is 11.9. The average molecular weight is 236 g/mol. The van der Waals surface area contributed by atoms with Gasteiger partial charge in [-0.15, -0.1) is 0 Å². The Morgan fingerprint density at radius 2 is 2.47 bits per heavy atom. The standard InChI is InChI=1S/C13H20N2O2/c16-13(15-10-12-5-3-9-17-12)7-6-11-4-1-2-8-14-11/h3,5,9,11,14H,1-2,4,6-8,10H2,(H,15,16). The van der Waals surface area contributed by atoms with Crippen LogP contribution in [0.2, 0.25) is 0 Å². The summed E-state index contributed by atoms with van der Waals surface area (Å²) in [7, 11) is 0. The van der Waals surface area contributed by atoms with E-state index in [0.717, 1.165) is 18.7 Å². The highest BCUT2D eigenvalue weighted by Gasteiger charge is 2.13. The molecule has 1 saturated heterocycles. The normalized spacial score (nSPS) is 20.1. The molecule has 0 bridgehead atoms. The summed E-state index contributed by atoms with van der Waals surface area (Å²) in [6.45, 7) is 1.59. The molecule has 1 amide bonds. The summed E-state index contributed by atoms with van der Waals surface area (Å²) in [5.74, 6) is 0.905. The van der Waals surface area contributed by atoms with Gasteiger partial charge in [-0.25, -0.2) is 0 Å². The summed E-state index contributed by atoms with van der Waals surface area (Å²) in [6.07, 6.45) is 6.90. The molecule has 1 unspecified atom stereocenters. The molecule has 4 nitrogen and oxygen atoms in total. The highest BCUT2D eigenvalue weighted by molar-refractivity contribution is 5.75. The van der Waals surface area contributed by atoms with E-state index in [1.807, 2.05) is 12.1 Å². The lowest BCUT2D eigenvalue weighted by Gasteiger charge is -2.22. The molecule has 1 aromatic heterocycles. The van der Waals surface area contributed by atoms with Crippen molar-refractivity contribution in [2.45, 2.75) is 44.7 Å². The fraction of sp³-hybridized carbons (Fsp3) is 0.615. The summed E-state index contributed by atoms with van der Waals surface area (Å²) in [5.41, 5.74) is 0. The summed E-state index contributed by atoms with van der Waals surface area (Å²) in [4.78, 5) is 11.6. The maximum Gasteiger partial charge on any atom is 0.220 e. The molecule has 1 aromatic rings. The molecule has 1 aliphatic heterocycles. The highest BCUT2D eigenvalue weighted by Crippen LogP contribution is 2.11. The van der Waals surface area contributed by atoms with E-state index in [1.165, 1.54) is 19.3 Å². The van der Waals surface area contributed by atoms with Crippen molar-refractivity contribution in [3.8, 4) is 0 Å². The topological polar surface area (TPSA) is 54.3 Å². The molecular weight excluding hydrogens is 216 g/mol. The third-order valence-corrected chi connectivity index (χ3v) is 3.17. The predicted molar refractivity (Wildman–Crippen MR) is 65.4 cm³/mol. The minimum atomic E-state index is 0.105. The van der Waals surface area contributed by atoms with Gasteiger partial charge < -0.3 is 15.1 Å². The van der Waals surface area contributed by atoms with Crippen LogP contribution < -0.4 is 10.6 Å². The molecule has 17 heavy (non-hydrogen) atoms. The van der Waals surface area contributed by atoms with Crippen molar-refractivity contribution in [1.82, 2.24) is 10.6 Å². The first-order valence-corrected chi connectivity index (χ1v) is 6.37. The van der Waals surface area contributed by atoms with Gasteiger partial charge in [0.1, 0.15) is 5.76 Å². The Morgan fingerprint density at radius 1 is 1.53 bits per heavy atom. The van der Waals surface area contributed by atoms with E-state index in [9.17, 15) is 4.79 Å². The summed E-state index contributed by atoms with van der Waals surface area (Å²) in [6, 6.07) is 4.22. The van der Waals surface area contributed by atoms with Crippen molar-refractivity contribution in [2.24, 2.45) is 0 Å². The molecule has 2 rings (SSSR count). The second-order valence-electron chi connectivity index (χ2n) is 4.54. The smallest absolute Gasteiger partial charge is 0.220 e. The molecule has 1 atom stereocenters. The van der Waals surface area contributed by atoms with Gasteiger partial charge in [-0.05, 0) is 37.9 Å². The first kappa shape index (κ1) is 12.2. The lowest BCUT2D eigenvalue weighted by Crippen LogP contribution is -2.35. The fourth-order valence-corrected chi connectivity index (χ4v) is 2.16. The monoisotopic (exact) mass is 236 g/mol. The first-order chi connectivity index (χ1) is 8.34. The average Bonchev–Trinajstić information content (AvgIpc) is 2.88. The lowest BCUT2D eigenvalue weighted by molar-refractivity contribution is -0.121. The SMILES string of the molecule is O=C(CCC1CCCCN1)NCc1ccco1. The molecule has 1 fully saturated rings. The van der Waals surface area contributed by atoms with Gasteiger partial charge in [-0.2, -0.15) is 0 Å². The van der Waals surface area contributed by atoms with E-state index < -0.39 is 0 Å². The van der Waals surface area contributed by atoms with Gasteiger partial charge in [0.15, 0.2) is 0 Å². The number of nitrogens with one attached hydrogen (secondary N) is 2. The largest absolute Gasteiger partial charge is 0.467 e. The molecule has 4 heteroatoms. The summed E-state index contributed by atoms with van der Waals surface area (Å²) < 4.78 is 5.15. The molecule has 0 aromatic carbocycles. The molecule has 0 saturated carbocycles. The predicted octanol–water partition coefficient (Wildman–Crippen LogP) is 1.82. The summed E-state index contributed by atoms with van der Waals surface area (Å²) >= 11 is 0. The van der Waals surface area contributed by atoms with E-state index in [0.29, 0.717) is 19.0 Å². The van der Waals surface area contributed by atoms with Crippen LogP contribution in [-0.2, 0) is 11.3 Å². The van der Waals surface area contributed by atoms with Gasteiger partial charge in [0.2, 0.25) is 5.91 Å². The number of carbonyl (C=O) groups is 1. The van der Waals surface area contributed by atoms with Crippen LogP contribution in [0.5, 0.6) is 0 Å². The minimum absolute atomic E-state index is 0.105. The molecule has 94 valence electrons. The van der Waals surface area contributed by atoms with E-state index in [2.05, 4.69) is 10.6 Å². The van der Waals surface area contributed by atoms with Crippen molar-refractivity contribution in [3.63, 3.8) is 0 Å². The maximum absolute atomic E-state index is 11.6. The van der Waals surface area contributed by atoms with E-state index in [-0.39, 0.29) is 5.91 Å². The Labute approximate surface area is 102 Å². The Bertz CT molecular complexity index is 329. The molecule has 1 aliphatic rings. The van der Waals surface area contributed by atoms with E-state index in [4.69, 9.17) is 4.42 Å². The summed E-state index contributed by atoms with van der Waals surface area (Å²) in [5, 5.41) is 6.31. The van der Waals surface area contributed by atoms with Crippen molar-refractivity contribution >= 4 is 5.91 Å². The van der Waals surface area contributed by atoms with E-state index in [1.54, 1.807) is 6.26 Å². The van der Waals surface area contributed by atoms with Crippen LogP contribution in [0.25, 0.3) is 0 Å². The van der Waals surface area contributed by atoms with Crippen molar-refractivity contribution in [1.29, 1.82) is 0 Å². The third kappa shape index (κ3) is 4.23. The number of amides is 1. The number of hydrogen-bond donors (Lipinski definition) is 2. The van der Waals surface area contributed by atoms with Crippen LogP contribution in [0.1, 0.15) is 37.9 Å². The molecule has 2 N–H and O–H groups in total. The van der Waals surface area contributed by atoms with Crippen LogP contribution in [0.15, 0.2) is 22.8 Å². The number of carbonyl (C=O) groups excluding carboxylic acids is 1. The fourth-order valence-electron chi connectivity index (χ4n) is 2.16. The van der Waals surface area contributed by atoms with Gasteiger partial charge in [0.05, 0.1) is 12.8 Å². The zero-order valence-electron chi connectivity index (χ0n) is 10.1. The van der Waals surface area contributed by atoms with Crippen LogP contribution in [0.3, 0.4) is 0 Å². The van der Waals surface area contributed by atoms with Crippen molar-refractivity contribution in [3.05, 3.63) is 24.2 Å². The maximum atomic E-state index is 11.6. The number of piperidine rings is 1. The minimum Gasteiger partial charge on any atom is -0.467 e. The van der Waals surface area contributed by atoms with Crippen molar-refractivity contribution in [2.75, 3.05) is 6.54 Å². The van der Waals surface area contributed by atoms with Crippen LogP contribution >= 0.6 is 0 Å². The van der Waals surface area contributed by atoms with Gasteiger partial charge in [-0.1, -0.05) is 6.42 Å². The third-order valence-electron chi connectivity index (χ3n) is 3.17. The van der Waals surface area contributed by atoms with Gasteiger partial charge >= 0.3 is 0 Å². The molecule has 0 radical (unpaired) electrons. The zero-order valence-corrected chi connectivity index (χ0v) is 10.1. The second-order valence-corrected chi connectivity index (χ2v) is 4.54. The highest BCUT2D eigenvalue weighted by atomic mass is 16.3. The lowest BCUT2D eigenvalue weighted by atomic mass is 10.0. The quantitative estimate of drug-likeness (QED) is 0.820. The van der Waals surface area contributed by atoms with Crippen molar-refractivity contribution < 1.29 is 9.21 Å². The molecular formula is C13H20N2O2. The number of furan rings is 1. The van der Waals surface area contributed by atoms with Gasteiger partial charge in [0.25, 0.3) is 0 Å². The van der Waals surface area contributed by atoms with Crippen LogP contribution in [0.4, 0.5) is 0 Å². The number of hydrogen-bond acceptors (Lipinski definition) is 3. The Morgan fingerprint density at radius 3 is 3.18 bits per heavy atom. The van der Waals surface area contributed by atoms with Gasteiger partial charge in [0, 0.05) is 12.5 Å². The second kappa shape index (κ2) is 6.45. The first-order valence-electron chi connectivity index (χ1n) is 6.37.